The third kappa shape index (κ3) is 4.25. The molecule has 2 aliphatic rings. The summed E-state index contributed by atoms with van der Waals surface area (Å²) in [4.78, 5) is 19.0. The van der Waals surface area contributed by atoms with Crippen LogP contribution in [-0.4, -0.2) is 61.7 Å². The van der Waals surface area contributed by atoms with E-state index < -0.39 is 0 Å². The van der Waals surface area contributed by atoms with E-state index in [9.17, 15) is 4.79 Å². The van der Waals surface area contributed by atoms with E-state index in [1.807, 2.05) is 5.38 Å². The molecule has 22 heavy (non-hydrogen) atoms. The summed E-state index contributed by atoms with van der Waals surface area (Å²) < 4.78 is 5.32. The SMILES string of the molecule is O=C(NCCCN1CCOCC1)c1csc(C2CCCN2)n1. The van der Waals surface area contributed by atoms with Crippen molar-refractivity contribution in [1.29, 1.82) is 0 Å². The summed E-state index contributed by atoms with van der Waals surface area (Å²) in [6.07, 6.45) is 3.27. The van der Waals surface area contributed by atoms with Gasteiger partial charge in [-0.2, -0.15) is 0 Å². The maximum absolute atomic E-state index is 12.1. The number of carbonyl (C=O) groups excluding carboxylic acids is 1. The molecule has 0 aliphatic carbocycles. The van der Waals surface area contributed by atoms with Gasteiger partial charge in [-0.05, 0) is 32.4 Å². The van der Waals surface area contributed by atoms with Crippen molar-refractivity contribution in [2.45, 2.75) is 25.3 Å². The first kappa shape index (κ1) is 15.9. The van der Waals surface area contributed by atoms with Crippen molar-refractivity contribution in [3.05, 3.63) is 16.1 Å². The second-order valence-electron chi connectivity index (χ2n) is 5.78. The van der Waals surface area contributed by atoms with Gasteiger partial charge in [0, 0.05) is 25.0 Å². The molecular weight excluding hydrogens is 300 g/mol. The van der Waals surface area contributed by atoms with Gasteiger partial charge in [0.05, 0.1) is 19.3 Å². The minimum Gasteiger partial charge on any atom is -0.379 e. The minimum atomic E-state index is -0.0533. The number of carbonyl (C=O) groups is 1. The molecule has 0 spiro atoms. The van der Waals surface area contributed by atoms with Gasteiger partial charge in [0.1, 0.15) is 10.7 Å². The van der Waals surface area contributed by atoms with Gasteiger partial charge in [0.2, 0.25) is 0 Å². The molecule has 1 aromatic heterocycles. The number of amides is 1. The number of rotatable bonds is 6. The number of hydrogen-bond acceptors (Lipinski definition) is 6. The van der Waals surface area contributed by atoms with Crippen LogP contribution in [0.4, 0.5) is 0 Å². The number of nitrogens with zero attached hydrogens (tertiary/aromatic N) is 2. The zero-order valence-corrected chi connectivity index (χ0v) is 13.7. The van der Waals surface area contributed by atoms with Gasteiger partial charge in [-0.3, -0.25) is 9.69 Å². The Bertz CT molecular complexity index is 482. The van der Waals surface area contributed by atoms with Crippen molar-refractivity contribution in [1.82, 2.24) is 20.5 Å². The fourth-order valence-corrected chi connectivity index (χ4v) is 3.78. The first-order valence-electron chi connectivity index (χ1n) is 8.10. The van der Waals surface area contributed by atoms with Gasteiger partial charge in [0.15, 0.2) is 0 Å². The molecule has 1 aromatic rings. The average molecular weight is 324 g/mol. The molecule has 0 bridgehead atoms. The van der Waals surface area contributed by atoms with E-state index in [1.165, 1.54) is 6.42 Å². The topological polar surface area (TPSA) is 66.5 Å². The smallest absolute Gasteiger partial charge is 0.270 e. The number of nitrogens with one attached hydrogen (secondary N) is 2. The van der Waals surface area contributed by atoms with Crippen LogP contribution in [0.15, 0.2) is 5.38 Å². The molecule has 2 N–H and O–H groups in total. The first-order chi connectivity index (χ1) is 10.8. The molecule has 0 aromatic carbocycles. The van der Waals surface area contributed by atoms with E-state index in [0.717, 1.165) is 57.2 Å². The van der Waals surface area contributed by atoms with Crippen molar-refractivity contribution < 1.29 is 9.53 Å². The lowest BCUT2D eigenvalue weighted by molar-refractivity contribution is 0.0374. The molecular formula is C15H24N4O2S. The van der Waals surface area contributed by atoms with Crippen molar-refractivity contribution >= 4 is 17.2 Å². The van der Waals surface area contributed by atoms with E-state index in [0.29, 0.717) is 18.3 Å². The quantitative estimate of drug-likeness (QED) is 0.765. The summed E-state index contributed by atoms with van der Waals surface area (Å²) in [6.45, 7) is 6.40. The van der Waals surface area contributed by atoms with Crippen molar-refractivity contribution in [2.24, 2.45) is 0 Å². The van der Waals surface area contributed by atoms with Gasteiger partial charge in [-0.25, -0.2) is 4.98 Å². The van der Waals surface area contributed by atoms with Crippen LogP contribution < -0.4 is 10.6 Å². The van der Waals surface area contributed by atoms with Crippen LogP contribution in [0.3, 0.4) is 0 Å². The summed E-state index contributed by atoms with van der Waals surface area (Å²) in [5.41, 5.74) is 0.556. The highest BCUT2D eigenvalue weighted by atomic mass is 32.1. The van der Waals surface area contributed by atoms with Gasteiger partial charge < -0.3 is 15.4 Å². The Morgan fingerprint density at radius 2 is 2.36 bits per heavy atom. The third-order valence-corrected chi connectivity index (χ3v) is 5.11. The zero-order chi connectivity index (χ0) is 15.2. The van der Waals surface area contributed by atoms with E-state index in [-0.39, 0.29) is 5.91 Å². The zero-order valence-electron chi connectivity index (χ0n) is 12.8. The summed E-state index contributed by atoms with van der Waals surface area (Å²) in [7, 11) is 0. The number of aromatic nitrogens is 1. The average Bonchev–Trinajstić information content (AvgIpc) is 3.22. The van der Waals surface area contributed by atoms with Crippen LogP contribution in [0.1, 0.15) is 40.8 Å². The molecule has 0 saturated carbocycles. The van der Waals surface area contributed by atoms with Crippen molar-refractivity contribution in [3.63, 3.8) is 0 Å². The van der Waals surface area contributed by atoms with E-state index in [1.54, 1.807) is 11.3 Å². The summed E-state index contributed by atoms with van der Waals surface area (Å²) in [6, 6.07) is 0.341. The number of ether oxygens (including phenoxy) is 1. The van der Waals surface area contributed by atoms with E-state index >= 15 is 0 Å². The van der Waals surface area contributed by atoms with Crippen LogP contribution >= 0.6 is 11.3 Å². The van der Waals surface area contributed by atoms with Crippen LogP contribution in [0, 0.1) is 0 Å². The normalized spacial score (nSPS) is 22.8. The Morgan fingerprint density at radius 3 is 3.14 bits per heavy atom. The molecule has 3 rings (SSSR count). The van der Waals surface area contributed by atoms with Gasteiger partial charge in [-0.1, -0.05) is 0 Å². The van der Waals surface area contributed by atoms with Gasteiger partial charge in [0.25, 0.3) is 5.91 Å². The molecule has 7 heteroatoms. The molecule has 2 saturated heterocycles. The van der Waals surface area contributed by atoms with Gasteiger partial charge in [-0.15, -0.1) is 11.3 Å². The second-order valence-corrected chi connectivity index (χ2v) is 6.67. The maximum atomic E-state index is 12.1. The highest BCUT2D eigenvalue weighted by Gasteiger charge is 2.21. The van der Waals surface area contributed by atoms with Crippen LogP contribution in [0.25, 0.3) is 0 Å². The third-order valence-electron chi connectivity index (χ3n) is 4.15. The molecule has 122 valence electrons. The number of hydrogen-bond donors (Lipinski definition) is 2. The summed E-state index contributed by atoms with van der Waals surface area (Å²) >= 11 is 1.58. The molecule has 6 nitrogen and oxygen atoms in total. The molecule has 1 amide bonds. The second kappa shape index (κ2) is 8.01. The Labute approximate surface area is 135 Å². The first-order valence-corrected chi connectivity index (χ1v) is 8.98. The molecule has 2 aliphatic heterocycles. The predicted octanol–water partition coefficient (Wildman–Crippen LogP) is 1.02. The molecule has 3 heterocycles. The molecule has 2 fully saturated rings. The number of thiazole rings is 1. The van der Waals surface area contributed by atoms with Gasteiger partial charge >= 0.3 is 0 Å². The molecule has 1 unspecified atom stereocenters. The summed E-state index contributed by atoms with van der Waals surface area (Å²) in [5.74, 6) is -0.0533. The maximum Gasteiger partial charge on any atom is 0.270 e. The van der Waals surface area contributed by atoms with Crippen LogP contribution in [-0.2, 0) is 4.74 Å². The van der Waals surface area contributed by atoms with E-state index in [2.05, 4.69) is 20.5 Å². The predicted molar refractivity (Wildman–Crippen MR) is 86.3 cm³/mol. The standard InChI is InChI=1S/C15H24N4O2S/c20-14(17-5-2-6-19-7-9-21-10-8-19)13-11-22-15(18-13)12-3-1-4-16-12/h11-12,16H,1-10H2,(H,17,20). The fourth-order valence-electron chi connectivity index (χ4n) is 2.87. The van der Waals surface area contributed by atoms with E-state index in [4.69, 9.17) is 4.74 Å². The van der Waals surface area contributed by atoms with Crippen molar-refractivity contribution in [3.8, 4) is 0 Å². The lowest BCUT2D eigenvalue weighted by Crippen LogP contribution is -2.38. The Kier molecular flexibility index (Phi) is 5.77. The fraction of sp³-hybridized carbons (Fsp3) is 0.733. The highest BCUT2D eigenvalue weighted by molar-refractivity contribution is 7.09. The Balaban J connectivity index is 1.38. The Morgan fingerprint density at radius 1 is 1.50 bits per heavy atom. The van der Waals surface area contributed by atoms with Crippen LogP contribution in [0.2, 0.25) is 0 Å². The molecule has 1 atom stereocenters. The number of morpholine rings is 1. The minimum absolute atomic E-state index is 0.0533. The lowest BCUT2D eigenvalue weighted by atomic mass is 10.2. The lowest BCUT2D eigenvalue weighted by Gasteiger charge is -2.26. The van der Waals surface area contributed by atoms with Crippen molar-refractivity contribution in [2.75, 3.05) is 45.9 Å². The Hall–Kier alpha value is -1.02. The largest absolute Gasteiger partial charge is 0.379 e. The highest BCUT2D eigenvalue weighted by Crippen LogP contribution is 2.25. The summed E-state index contributed by atoms with van der Waals surface area (Å²) in [5, 5.41) is 9.29. The molecule has 0 radical (unpaired) electrons. The van der Waals surface area contributed by atoms with Crippen LogP contribution in [0.5, 0.6) is 0 Å². The monoisotopic (exact) mass is 324 g/mol.